The molecule has 0 amide bonds. The SMILES string of the molecule is COc1ccc(C=NNC(=S)NC2CCCCC2)c(OC)c1OC. The first-order valence-electron chi connectivity index (χ1n) is 8.08. The normalized spacial score (nSPS) is 15.1. The van der Waals surface area contributed by atoms with Crippen LogP contribution in [-0.4, -0.2) is 38.7 Å². The van der Waals surface area contributed by atoms with Crippen LogP contribution in [-0.2, 0) is 0 Å². The number of nitrogens with zero attached hydrogens (tertiary/aromatic N) is 1. The summed E-state index contributed by atoms with van der Waals surface area (Å²) in [6.07, 6.45) is 7.80. The molecule has 7 heteroatoms. The van der Waals surface area contributed by atoms with Gasteiger partial charge in [0.15, 0.2) is 16.6 Å². The monoisotopic (exact) mass is 351 g/mol. The average molecular weight is 351 g/mol. The van der Waals surface area contributed by atoms with Crippen molar-refractivity contribution in [3.8, 4) is 17.2 Å². The molecule has 0 radical (unpaired) electrons. The smallest absolute Gasteiger partial charge is 0.203 e. The van der Waals surface area contributed by atoms with Crippen molar-refractivity contribution in [3.05, 3.63) is 17.7 Å². The van der Waals surface area contributed by atoms with Gasteiger partial charge in [-0.05, 0) is 37.2 Å². The zero-order chi connectivity index (χ0) is 17.4. The number of hydrogen-bond donors (Lipinski definition) is 2. The number of benzene rings is 1. The van der Waals surface area contributed by atoms with E-state index in [1.807, 2.05) is 6.07 Å². The van der Waals surface area contributed by atoms with Crippen molar-refractivity contribution < 1.29 is 14.2 Å². The topological polar surface area (TPSA) is 64.1 Å². The van der Waals surface area contributed by atoms with Gasteiger partial charge in [-0.1, -0.05) is 19.3 Å². The number of thiocarbonyl (C=S) groups is 1. The van der Waals surface area contributed by atoms with Crippen molar-refractivity contribution >= 4 is 23.5 Å². The number of rotatable bonds is 6. The van der Waals surface area contributed by atoms with Crippen LogP contribution in [0.25, 0.3) is 0 Å². The first kappa shape index (κ1) is 18.3. The molecular weight excluding hydrogens is 326 g/mol. The summed E-state index contributed by atoms with van der Waals surface area (Å²) in [5.74, 6) is 1.70. The molecule has 1 fully saturated rings. The van der Waals surface area contributed by atoms with Gasteiger partial charge in [0.1, 0.15) is 0 Å². The van der Waals surface area contributed by atoms with Crippen LogP contribution in [0.4, 0.5) is 0 Å². The third-order valence-corrected chi connectivity index (χ3v) is 4.25. The molecule has 0 aromatic heterocycles. The van der Waals surface area contributed by atoms with Crippen LogP contribution in [0.5, 0.6) is 17.2 Å². The van der Waals surface area contributed by atoms with Gasteiger partial charge in [0.25, 0.3) is 0 Å². The molecule has 0 bridgehead atoms. The molecule has 1 aromatic carbocycles. The molecule has 1 aliphatic rings. The highest BCUT2D eigenvalue weighted by atomic mass is 32.1. The van der Waals surface area contributed by atoms with Crippen LogP contribution in [0.15, 0.2) is 17.2 Å². The molecule has 0 spiro atoms. The standard InChI is InChI=1S/C17H25N3O3S/c1-21-14-10-9-12(15(22-2)16(14)23-3)11-18-20-17(24)19-13-7-5-4-6-8-13/h9-11,13H,4-8H2,1-3H3,(H2,19,20,24). The summed E-state index contributed by atoms with van der Waals surface area (Å²) in [5.41, 5.74) is 3.62. The molecule has 0 unspecified atom stereocenters. The van der Waals surface area contributed by atoms with Gasteiger partial charge in [0.05, 0.1) is 27.5 Å². The Bertz CT molecular complexity index is 587. The fourth-order valence-corrected chi connectivity index (χ4v) is 3.07. The summed E-state index contributed by atoms with van der Waals surface area (Å²) in [4.78, 5) is 0. The second kappa shape index (κ2) is 9.32. The number of hydrazone groups is 1. The van der Waals surface area contributed by atoms with Crippen LogP contribution >= 0.6 is 12.2 Å². The van der Waals surface area contributed by atoms with E-state index >= 15 is 0 Å². The number of nitrogens with one attached hydrogen (secondary N) is 2. The molecule has 24 heavy (non-hydrogen) atoms. The molecule has 6 nitrogen and oxygen atoms in total. The molecule has 132 valence electrons. The summed E-state index contributed by atoms with van der Waals surface area (Å²) in [7, 11) is 4.74. The maximum atomic E-state index is 5.42. The summed E-state index contributed by atoms with van der Waals surface area (Å²) in [6.45, 7) is 0. The van der Waals surface area contributed by atoms with Crippen molar-refractivity contribution in [2.75, 3.05) is 21.3 Å². The highest BCUT2D eigenvalue weighted by Crippen LogP contribution is 2.38. The lowest BCUT2D eigenvalue weighted by molar-refractivity contribution is 0.324. The van der Waals surface area contributed by atoms with Gasteiger partial charge >= 0.3 is 0 Å². The molecule has 1 aromatic rings. The summed E-state index contributed by atoms with van der Waals surface area (Å²) in [5, 5.41) is 8.04. The summed E-state index contributed by atoms with van der Waals surface area (Å²) in [6, 6.07) is 4.11. The Morgan fingerprint density at radius 3 is 2.42 bits per heavy atom. The van der Waals surface area contributed by atoms with Crippen LogP contribution in [0.1, 0.15) is 37.7 Å². The maximum absolute atomic E-state index is 5.42. The highest BCUT2D eigenvalue weighted by Gasteiger charge is 2.15. The van der Waals surface area contributed by atoms with Crippen molar-refractivity contribution in [1.82, 2.24) is 10.7 Å². The van der Waals surface area contributed by atoms with E-state index in [9.17, 15) is 0 Å². The zero-order valence-corrected chi connectivity index (χ0v) is 15.2. The summed E-state index contributed by atoms with van der Waals surface area (Å²) >= 11 is 5.29. The Kier molecular flexibility index (Phi) is 7.11. The second-order valence-corrected chi connectivity index (χ2v) is 6.01. The third-order valence-electron chi connectivity index (χ3n) is 4.04. The molecule has 0 saturated heterocycles. The quantitative estimate of drug-likeness (QED) is 0.467. The number of ether oxygens (including phenoxy) is 3. The van der Waals surface area contributed by atoms with E-state index in [2.05, 4.69) is 15.8 Å². The van der Waals surface area contributed by atoms with Crippen LogP contribution in [0.2, 0.25) is 0 Å². The van der Waals surface area contributed by atoms with Crippen LogP contribution in [0.3, 0.4) is 0 Å². The molecular formula is C17H25N3O3S. The van der Waals surface area contributed by atoms with E-state index in [0.717, 1.165) is 18.4 Å². The van der Waals surface area contributed by atoms with E-state index in [0.29, 0.717) is 28.4 Å². The van der Waals surface area contributed by atoms with Crippen LogP contribution in [0, 0.1) is 0 Å². The average Bonchev–Trinajstić information content (AvgIpc) is 2.61. The Morgan fingerprint density at radius 1 is 1.08 bits per heavy atom. The van der Waals surface area contributed by atoms with Gasteiger partial charge in [-0.25, -0.2) is 0 Å². The first-order valence-corrected chi connectivity index (χ1v) is 8.49. The lowest BCUT2D eigenvalue weighted by atomic mass is 9.96. The van der Waals surface area contributed by atoms with Gasteiger partial charge in [-0.2, -0.15) is 5.10 Å². The van der Waals surface area contributed by atoms with E-state index in [4.69, 9.17) is 26.4 Å². The van der Waals surface area contributed by atoms with Crippen molar-refractivity contribution in [3.63, 3.8) is 0 Å². The van der Waals surface area contributed by atoms with Gasteiger partial charge in [0, 0.05) is 11.6 Å². The van der Waals surface area contributed by atoms with Crippen LogP contribution < -0.4 is 25.0 Å². The maximum Gasteiger partial charge on any atom is 0.203 e. The Hall–Kier alpha value is -2.02. The van der Waals surface area contributed by atoms with Gasteiger partial charge in [-0.3, -0.25) is 5.43 Å². The minimum absolute atomic E-state index is 0.449. The molecule has 1 aliphatic carbocycles. The van der Waals surface area contributed by atoms with E-state index in [-0.39, 0.29) is 0 Å². The molecule has 1 saturated carbocycles. The van der Waals surface area contributed by atoms with Crippen molar-refractivity contribution in [2.45, 2.75) is 38.1 Å². The Labute approximate surface area is 148 Å². The minimum atomic E-state index is 0.449. The second-order valence-electron chi connectivity index (χ2n) is 5.60. The molecule has 2 rings (SSSR count). The number of hydrogen-bond acceptors (Lipinski definition) is 5. The lowest BCUT2D eigenvalue weighted by Crippen LogP contribution is -2.40. The van der Waals surface area contributed by atoms with E-state index < -0.39 is 0 Å². The molecule has 0 heterocycles. The van der Waals surface area contributed by atoms with Gasteiger partial charge in [0.2, 0.25) is 5.75 Å². The summed E-state index contributed by atoms with van der Waals surface area (Å²) < 4.78 is 16.0. The predicted octanol–water partition coefficient (Wildman–Crippen LogP) is 2.84. The minimum Gasteiger partial charge on any atom is -0.493 e. The first-order chi connectivity index (χ1) is 11.7. The lowest BCUT2D eigenvalue weighted by Gasteiger charge is -2.23. The number of methoxy groups -OCH3 is 3. The fourth-order valence-electron chi connectivity index (χ4n) is 2.85. The molecule has 0 aliphatic heterocycles. The van der Waals surface area contributed by atoms with Crippen molar-refractivity contribution in [1.29, 1.82) is 0 Å². The van der Waals surface area contributed by atoms with Gasteiger partial charge < -0.3 is 19.5 Å². The third kappa shape index (κ3) is 4.74. The largest absolute Gasteiger partial charge is 0.493 e. The van der Waals surface area contributed by atoms with E-state index in [1.54, 1.807) is 33.6 Å². The molecule has 2 N–H and O–H groups in total. The highest BCUT2D eigenvalue weighted by molar-refractivity contribution is 7.80. The van der Waals surface area contributed by atoms with E-state index in [1.165, 1.54) is 19.3 Å². The Balaban J connectivity index is 1.99. The zero-order valence-electron chi connectivity index (χ0n) is 14.4. The Morgan fingerprint density at radius 2 is 1.79 bits per heavy atom. The van der Waals surface area contributed by atoms with Crippen molar-refractivity contribution in [2.24, 2.45) is 5.10 Å². The predicted molar refractivity (Wildman–Crippen MR) is 99.4 cm³/mol. The molecule has 0 atom stereocenters. The van der Waals surface area contributed by atoms with Gasteiger partial charge in [-0.15, -0.1) is 0 Å². The fraction of sp³-hybridized carbons (Fsp3) is 0.529.